The maximum atomic E-state index is 13.6. The zero-order valence-corrected chi connectivity index (χ0v) is 23.6. The van der Waals surface area contributed by atoms with Crippen LogP contribution in [0.4, 0.5) is 29.0 Å². The molecular formula is C29H35N9O4. The molecule has 3 aromatic rings. The highest BCUT2D eigenvalue weighted by Crippen LogP contribution is 2.42. The van der Waals surface area contributed by atoms with E-state index < -0.39 is 5.54 Å². The average molecular weight is 574 g/mol. The minimum Gasteiger partial charge on any atom is -0.710 e. The molecule has 3 aliphatic rings. The first-order chi connectivity index (χ1) is 20.5. The van der Waals surface area contributed by atoms with Gasteiger partial charge in [-0.3, -0.25) is 14.5 Å². The van der Waals surface area contributed by atoms with Crippen molar-refractivity contribution >= 4 is 41.3 Å². The summed E-state index contributed by atoms with van der Waals surface area (Å²) in [5.74, 6) is 1.74. The maximum Gasteiger partial charge on any atom is 0.293 e. The van der Waals surface area contributed by atoms with E-state index in [1.165, 1.54) is 6.33 Å². The van der Waals surface area contributed by atoms with E-state index in [-0.39, 0.29) is 5.91 Å². The van der Waals surface area contributed by atoms with Crippen LogP contribution in [0, 0.1) is 12.1 Å². The molecule has 0 unspecified atom stereocenters. The molecule has 1 saturated heterocycles. The summed E-state index contributed by atoms with van der Waals surface area (Å²) in [7, 11) is 0. The summed E-state index contributed by atoms with van der Waals surface area (Å²) in [6, 6.07) is 7.33. The van der Waals surface area contributed by atoms with Crippen LogP contribution in [0.2, 0.25) is 0 Å². The van der Waals surface area contributed by atoms with E-state index in [2.05, 4.69) is 40.7 Å². The fourth-order valence-electron chi connectivity index (χ4n) is 6.27. The van der Waals surface area contributed by atoms with E-state index in [1.54, 1.807) is 12.1 Å². The van der Waals surface area contributed by atoms with Crippen molar-refractivity contribution in [3.63, 3.8) is 0 Å². The average Bonchev–Trinajstić information content (AvgIpc) is 3.28. The summed E-state index contributed by atoms with van der Waals surface area (Å²) in [6.07, 6.45) is 7.83. The van der Waals surface area contributed by atoms with Crippen LogP contribution in [0.3, 0.4) is 0 Å². The van der Waals surface area contributed by atoms with Gasteiger partial charge in [-0.25, -0.2) is 20.0 Å². The Kier molecular flexibility index (Phi) is 7.74. The second-order valence-electron chi connectivity index (χ2n) is 11.1. The van der Waals surface area contributed by atoms with Gasteiger partial charge in [0, 0.05) is 44.9 Å². The number of rotatable bonds is 9. The standard InChI is InChI=1S/C29H35N9O4/c1-20-15-25(38(41)27-26(20)28(40)35-29(27)7-3-2-4-8-29)34-24-16-23(31-18-32-24)33-22-6-5-21(17-30-22)37-11-9-36(10-12-37)13-14-42-19-39/h5-6,15-19H,2-4,7-14H2,1H3,(H,35,40)(H2,30,31,32,33,34). The van der Waals surface area contributed by atoms with E-state index >= 15 is 0 Å². The van der Waals surface area contributed by atoms with Gasteiger partial charge in [0.2, 0.25) is 5.82 Å². The number of ether oxygens (including phenoxy) is 1. The predicted molar refractivity (Wildman–Crippen MR) is 156 cm³/mol. The van der Waals surface area contributed by atoms with Crippen molar-refractivity contribution in [1.82, 2.24) is 25.2 Å². The number of piperazine rings is 1. The highest BCUT2D eigenvalue weighted by molar-refractivity contribution is 6.00. The molecular weight excluding hydrogens is 538 g/mol. The third-order valence-electron chi connectivity index (χ3n) is 8.40. The van der Waals surface area contributed by atoms with Gasteiger partial charge in [0.05, 0.1) is 17.4 Å². The molecule has 13 nitrogen and oxygen atoms in total. The molecule has 42 heavy (non-hydrogen) atoms. The quantitative estimate of drug-likeness (QED) is 0.150. The van der Waals surface area contributed by atoms with Crippen LogP contribution in [-0.4, -0.2) is 71.6 Å². The molecule has 3 aromatic heterocycles. The molecule has 2 aliphatic heterocycles. The molecule has 1 aliphatic carbocycles. The van der Waals surface area contributed by atoms with E-state index in [4.69, 9.17) is 4.74 Å². The van der Waals surface area contributed by atoms with Crippen LogP contribution in [0.25, 0.3) is 0 Å². The van der Waals surface area contributed by atoms with Crippen molar-refractivity contribution < 1.29 is 19.1 Å². The highest BCUT2D eigenvalue weighted by atomic mass is 16.5. The number of aromatic nitrogens is 4. The molecule has 1 spiro atoms. The van der Waals surface area contributed by atoms with Crippen LogP contribution in [-0.2, 0) is 15.1 Å². The van der Waals surface area contributed by atoms with E-state index in [0.29, 0.717) is 47.6 Å². The number of nitrogens with one attached hydrogen (secondary N) is 3. The number of carbonyl (C=O) groups is 2. The minimum absolute atomic E-state index is 0.170. The molecule has 2 fully saturated rings. The summed E-state index contributed by atoms with van der Waals surface area (Å²) in [5.41, 5.74) is 2.18. The van der Waals surface area contributed by atoms with Crippen LogP contribution < -0.4 is 25.6 Å². The Hall–Kier alpha value is -4.52. The SMILES string of the molecule is Cc1cc(Nc2cc(Nc3ccc(N4CCN(CCOC=O)CC4)cn3)ncn2)[n+]([O-])c2c1C(=O)NC21CCCCC1. The van der Waals surface area contributed by atoms with Crippen LogP contribution >= 0.6 is 0 Å². The largest absolute Gasteiger partial charge is 0.710 e. The summed E-state index contributed by atoms with van der Waals surface area (Å²) in [4.78, 5) is 40.9. The van der Waals surface area contributed by atoms with Gasteiger partial charge in [0.25, 0.3) is 18.2 Å². The van der Waals surface area contributed by atoms with Gasteiger partial charge in [0.15, 0.2) is 0 Å². The number of pyridine rings is 2. The molecule has 0 aromatic carbocycles. The Morgan fingerprint density at radius 3 is 2.52 bits per heavy atom. The number of amides is 1. The monoisotopic (exact) mass is 573 g/mol. The smallest absolute Gasteiger partial charge is 0.293 e. The Morgan fingerprint density at radius 1 is 1.05 bits per heavy atom. The summed E-state index contributed by atoms with van der Waals surface area (Å²) >= 11 is 0. The van der Waals surface area contributed by atoms with Crippen LogP contribution in [0.15, 0.2) is 36.8 Å². The van der Waals surface area contributed by atoms with Crippen LogP contribution in [0.5, 0.6) is 0 Å². The molecule has 1 amide bonds. The van der Waals surface area contributed by atoms with Crippen molar-refractivity contribution in [2.75, 3.05) is 54.9 Å². The molecule has 13 heteroatoms. The number of hydrogen-bond donors (Lipinski definition) is 3. The molecule has 0 radical (unpaired) electrons. The van der Waals surface area contributed by atoms with E-state index in [9.17, 15) is 14.8 Å². The van der Waals surface area contributed by atoms with Gasteiger partial charge < -0.3 is 25.5 Å². The number of hydrogen-bond acceptors (Lipinski definition) is 11. The lowest BCUT2D eigenvalue weighted by molar-refractivity contribution is -0.603. The van der Waals surface area contributed by atoms with Crippen molar-refractivity contribution in [1.29, 1.82) is 0 Å². The molecule has 5 heterocycles. The molecule has 0 atom stereocenters. The second kappa shape index (κ2) is 11.8. The number of nitrogens with zero attached hydrogens (tertiary/aromatic N) is 6. The first-order valence-electron chi connectivity index (χ1n) is 14.4. The lowest BCUT2D eigenvalue weighted by Gasteiger charge is -2.35. The van der Waals surface area contributed by atoms with Crippen molar-refractivity contribution in [3.8, 4) is 0 Å². The minimum atomic E-state index is -0.606. The second-order valence-corrected chi connectivity index (χ2v) is 11.1. The fraction of sp³-hybridized carbons (Fsp3) is 0.448. The number of aryl methyl sites for hydroxylation is 1. The predicted octanol–water partition coefficient (Wildman–Crippen LogP) is 2.50. The van der Waals surface area contributed by atoms with Gasteiger partial charge in [-0.1, -0.05) is 19.3 Å². The van der Waals surface area contributed by atoms with Crippen molar-refractivity contribution in [2.24, 2.45) is 0 Å². The molecule has 3 N–H and O–H groups in total. The highest BCUT2D eigenvalue weighted by Gasteiger charge is 2.48. The number of fused-ring (bicyclic) bond motifs is 2. The Morgan fingerprint density at radius 2 is 1.81 bits per heavy atom. The zero-order valence-electron chi connectivity index (χ0n) is 23.6. The Labute approximate surface area is 243 Å². The Balaban J connectivity index is 1.12. The van der Waals surface area contributed by atoms with Crippen molar-refractivity contribution in [2.45, 2.75) is 44.6 Å². The van der Waals surface area contributed by atoms with E-state index in [0.717, 1.165) is 80.8 Å². The first kappa shape index (κ1) is 27.6. The van der Waals surface area contributed by atoms with Crippen molar-refractivity contribution in [3.05, 3.63) is 58.8 Å². The lowest BCUT2D eigenvalue weighted by Crippen LogP contribution is -2.49. The summed E-state index contributed by atoms with van der Waals surface area (Å²) in [6.45, 7) is 7.00. The Bertz CT molecular complexity index is 1450. The van der Waals surface area contributed by atoms with Gasteiger partial charge in [-0.15, -0.1) is 0 Å². The number of anilines is 5. The third kappa shape index (κ3) is 5.51. The van der Waals surface area contributed by atoms with Gasteiger partial charge in [-0.05, 0) is 37.5 Å². The first-order valence-corrected chi connectivity index (χ1v) is 14.4. The van der Waals surface area contributed by atoms with Crippen LogP contribution in [0.1, 0.15) is 53.7 Å². The normalized spacial score (nSPS) is 17.9. The van der Waals surface area contributed by atoms with E-state index in [1.807, 2.05) is 25.3 Å². The topological polar surface area (TPSA) is 152 Å². The summed E-state index contributed by atoms with van der Waals surface area (Å²) in [5, 5.41) is 23.1. The molecule has 0 bridgehead atoms. The summed E-state index contributed by atoms with van der Waals surface area (Å²) < 4.78 is 5.66. The third-order valence-corrected chi connectivity index (χ3v) is 8.40. The van der Waals surface area contributed by atoms with Gasteiger partial charge >= 0.3 is 0 Å². The van der Waals surface area contributed by atoms with Gasteiger partial charge in [0.1, 0.15) is 35.8 Å². The van der Waals surface area contributed by atoms with Gasteiger partial charge in [-0.2, -0.15) is 4.98 Å². The maximum absolute atomic E-state index is 13.6. The molecule has 6 rings (SSSR count). The molecule has 220 valence electrons. The number of carbonyl (C=O) groups excluding carboxylic acids is 2. The fourth-order valence-corrected chi connectivity index (χ4v) is 6.27. The zero-order chi connectivity index (χ0) is 29.1. The molecule has 1 saturated carbocycles. The lowest BCUT2D eigenvalue weighted by atomic mass is 9.79.